The SMILES string of the molecule is Cc1ccc(S(=O)(=O)OCCCCOCCCCOCC(=O)O)cc1. The van der Waals surface area contributed by atoms with Crippen LogP contribution in [-0.4, -0.2) is 52.5 Å². The Morgan fingerprint density at radius 2 is 1.44 bits per heavy atom. The number of benzene rings is 1. The molecular formula is C17H26O7S. The molecule has 7 nitrogen and oxygen atoms in total. The Balaban J connectivity index is 1.99. The monoisotopic (exact) mass is 374 g/mol. The minimum atomic E-state index is -3.69. The third-order valence-corrected chi connectivity index (χ3v) is 4.61. The van der Waals surface area contributed by atoms with Gasteiger partial charge in [-0.3, -0.25) is 4.18 Å². The lowest BCUT2D eigenvalue weighted by molar-refractivity contribution is -0.142. The molecule has 0 spiro atoms. The molecule has 0 amide bonds. The molecule has 0 aliphatic rings. The molecule has 8 heteroatoms. The molecule has 1 rings (SSSR count). The van der Waals surface area contributed by atoms with Crippen molar-refractivity contribution in [1.82, 2.24) is 0 Å². The highest BCUT2D eigenvalue weighted by atomic mass is 32.2. The Morgan fingerprint density at radius 3 is 2.00 bits per heavy atom. The fourth-order valence-corrected chi connectivity index (χ4v) is 2.86. The molecule has 0 aromatic heterocycles. The van der Waals surface area contributed by atoms with Gasteiger partial charge in [0.25, 0.3) is 10.1 Å². The van der Waals surface area contributed by atoms with Crippen molar-refractivity contribution in [3.63, 3.8) is 0 Å². The van der Waals surface area contributed by atoms with Crippen molar-refractivity contribution in [3.05, 3.63) is 29.8 Å². The average Bonchev–Trinajstić information content (AvgIpc) is 2.56. The number of aryl methyl sites for hydroxylation is 1. The smallest absolute Gasteiger partial charge is 0.329 e. The summed E-state index contributed by atoms with van der Waals surface area (Å²) in [5.74, 6) is -0.970. The summed E-state index contributed by atoms with van der Waals surface area (Å²) in [7, 11) is -3.69. The van der Waals surface area contributed by atoms with Crippen molar-refractivity contribution in [2.24, 2.45) is 0 Å². The summed E-state index contributed by atoms with van der Waals surface area (Å²) >= 11 is 0. The predicted molar refractivity (Wildman–Crippen MR) is 92.1 cm³/mol. The average molecular weight is 374 g/mol. The standard InChI is InChI=1S/C17H26O7S/c1-15-6-8-16(9-7-15)25(20,21)24-13-5-4-11-22-10-2-3-12-23-14-17(18)19/h6-9H,2-5,10-14H2,1H3,(H,18,19). The molecule has 0 heterocycles. The second-order valence-electron chi connectivity index (χ2n) is 5.56. The maximum atomic E-state index is 11.9. The molecule has 0 unspecified atom stereocenters. The highest BCUT2D eigenvalue weighted by molar-refractivity contribution is 7.86. The largest absolute Gasteiger partial charge is 0.480 e. The Hall–Kier alpha value is -1.48. The summed E-state index contributed by atoms with van der Waals surface area (Å²) in [6.45, 7) is 3.25. The van der Waals surface area contributed by atoms with Gasteiger partial charge in [0.15, 0.2) is 0 Å². The van der Waals surface area contributed by atoms with E-state index < -0.39 is 16.1 Å². The van der Waals surface area contributed by atoms with E-state index in [2.05, 4.69) is 0 Å². The van der Waals surface area contributed by atoms with Crippen LogP contribution in [0.2, 0.25) is 0 Å². The Labute approximate surface area is 149 Å². The Bertz CT molecular complexity index is 596. The van der Waals surface area contributed by atoms with E-state index in [9.17, 15) is 13.2 Å². The Kier molecular flexibility index (Phi) is 10.3. The van der Waals surface area contributed by atoms with E-state index in [0.717, 1.165) is 18.4 Å². The summed E-state index contributed by atoms with van der Waals surface area (Å²) in [6, 6.07) is 6.54. The molecule has 0 atom stereocenters. The number of rotatable bonds is 14. The number of carboxylic acids is 1. The van der Waals surface area contributed by atoms with Crippen LogP contribution in [0.4, 0.5) is 0 Å². The van der Waals surface area contributed by atoms with Crippen molar-refractivity contribution >= 4 is 16.1 Å². The molecule has 0 fully saturated rings. The fourth-order valence-electron chi connectivity index (χ4n) is 1.92. The zero-order chi connectivity index (χ0) is 18.5. The molecule has 0 aliphatic heterocycles. The second-order valence-corrected chi connectivity index (χ2v) is 7.18. The fraction of sp³-hybridized carbons (Fsp3) is 0.588. The summed E-state index contributed by atoms with van der Waals surface area (Å²) in [5.41, 5.74) is 0.990. The first kappa shape index (κ1) is 21.6. The van der Waals surface area contributed by atoms with Crippen molar-refractivity contribution in [3.8, 4) is 0 Å². The number of carboxylic acid groups (broad SMARTS) is 1. The minimum Gasteiger partial charge on any atom is -0.480 e. The maximum absolute atomic E-state index is 11.9. The summed E-state index contributed by atoms with van der Waals surface area (Å²) in [5, 5.41) is 8.39. The van der Waals surface area contributed by atoms with E-state index >= 15 is 0 Å². The normalized spacial score (nSPS) is 11.6. The van der Waals surface area contributed by atoms with Crippen LogP contribution < -0.4 is 0 Å². The van der Waals surface area contributed by atoms with Gasteiger partial charge in [-0.15, -0.1) is 0 Å². The number of unbranched alkanes of at least 4 members (excludes halogenated alkanes) is 2. The van der Waals surface area contributed by atoms with Crippen LogP contribution >= 0.6 is 0 Å². The molecule has 0 bridgehead atoms. The number of hydrogen-bond acceptors (Lipinski definition) is 6. The maximum Gasteiger partial charge on any atom is 0.329 e. The van der Waals surface area contributed by atoms with Gasteiger partial charge in [-0.05, 0) is 44.7 Å². The van der Waals surface area contributed by atoms with Gasteiger partial charge in [-0.25, -0.2) is 4.79 Å². The zero-order valence-electron chi connectivity index (χ0n) is 14.5. The lowest BCUT2D eigenvalue weighted by atomic mass is 10.2. The van der Waals surface area contributed by atoms with Gasteiger partial charge in [0, 0.05) is 19.8 Å². The molecule has 1 N–H and O–H groups in total. The van der Waals surface area contributed by atoms with Gasteiger partial charge in [-0.1, -0.05) is 17.7 Å². The molecule has 1 aromatic rings. The van der Waals surface area contributed by atoms with E-state index in [-0.39, 0.29) is 18.1 Å². The molecule has 0 radical (unpaired) electrons. The first-order valence-electron chi connectivity index (χ1n) is 8.25. The van der Waals surface area contributed by atoms with Crippen molar-refractivity contribution < 1.29 is 32.0 Å². The Morgan fingerprint density at radius 1 is 0.920 bits per heavy atom. The molecule has 1 aromatic carbocycles. The molecular weight excluding hydrogens is 348 g/mol. The first-order valence-corrected chi connectivity index (χ1v) is 9.66. The molecule has 25 heavy (non-hydrogen) atoms. The zero-order valence-corrected chi connectivity index (χ0v) is 15.3. The van der Waals surface area contributed by atoms with E-state index in [1.54, 1.807) is 12.1 Å². The van der Waals surface area contributed by atoms with Gasteiger partial charge in [0.1, 0.15) is 6.61 Å². The second kappa shape index (κ2) is 12.0. The lowest BCUT2D eigenvalue weighted by Crippen LogP contribution is -2.09. The third-order valence-electron chi connectivity index (χ3n) is 3.28. The number of carbonyl (C=O) groups is 1. The van der Waals surface area contributed by atoms with Crippen LogP contribution in [0.1, 0.15) is 31.2 Å². The highest BCUT2D eigenvalue weighted by Gasteiger charge is 2.14. The predicted octanol–water partition coefficient (Wildman–Crippen LogP) is 2.38. The first-order chi connectivity index (χ1) is 11.9. The quantitative estimate of drug-likeness (QED) is 0.394. The third kappa shape index (κ3) is 10.2. The van der Waals surface area contributed by atoms with Gasteiger partial charge in [-0.2, -0.15) is 8.42 Å². The van der Waals surface area contributed by atoms with Crippen LogP contribution in [0.5, 0.6) is 0 Å². The number of aliphatic carboxylic acids is 1. The minimum absolute atomic E-state index is 0.128. The summed E-state index contributed by atoms with van der Waals surface area (Å²) in [6.07, 6.45) is 2.83. The van der Waals surface area contributed by atoms with Crippen molar-refractivity contribution in [2.45, 2.75) is 37.5 Å². The topological polar surface area (TPSA) is 99.1 Å². The van der Waals surface area contributed by atoms with Gasteiger partial charge >= 0.3 is 5.97 Å². The van der Waals surface area contributed by atoms with Gasteiger partial charge in [0.2, 0.25) is 0 Å². The summed E-state index contributed by atoms with van der Waals surface area (Å²) < 4.78 is 39.2. The van der Waals surface area contributed by atoms with Crippen LogP contribution in [0.15, 0.2) is 29.2 Å². The van der Waals surface area contributed by atoms with Crippen LogP contribution in [-0.2, 0) is 28.6 Å². The van der Waals surface area contributed by atoms with E-state index in [1.165, 1.54) is 12.1 Å². The van der Waals surface area contributed by atoms with Crippen LogP contribution in [0.25, 0.3) is 0 Å². The number of hydrogen-bond donors (Lipinski definition) is 1. The van der Waals surface area contributed by atoms with Gasteiger partial charge in [0.05, 0.1) is 11.5 Å². The lowest BCUT2D eigenvalue weighted by Gasteiger charge is -2.07. The van der Waals surface area contributed by atoms with Crippen molar-refractivity contribution in [2.75, 3.05) is 33.0 Å². The highest BCUT2D eigenvalue weighted by Crippen LogP contribution is 2.13. The van der Waals surface area contributed by atoms with E-state index in [4.69, 9.17) is 18.8 Å². The van der Waals surface area contributed by atoms with Gasteiger partial charge < -0.3 is 14.6 Å². The van der Waals surface area contributed by atoms with Crippen LogP contribution in [0.3, 0.4) is 0 Å². The number of ether oxygens (including phenoxy) is 2. The molecule has 0 saturated carbocycles. The molecule has 142 valence electrons. The summed E-state index contributed by atoms with van der Waals surface area (Å²) in [4.78, 5) is 10.4. The van der Waals surface area contributed by atoms with E-state index in [1.807, 2.05) is 6.92 Å². The van der Waals surface area contributed by atoms with Crippen molar-refractivity contribution in [1.29, 1.82) is 0 Å². The molecule has 0 saturated heterocycles. The molecule has 0 aliphatic carbocycles. The van der Waals surface area contributed by atoms with E-state index in [0.29, 0.717) is 32.7 Å². The van der Waals surface area contributed by atoms with Crippen LogP contribution in [0, 0.1) is 6.92 Å².